The first-order valence-electron chi connectivity index (χ1n) is 12.8. The Bertz CT molecular complexity index is 1620. The molecule has 224 valence electrons. The molecule has 4 rings (SSSR count). The van der Waals surface area contributed by atoms with E-state index in [2.05, 4.69) is 15.8 Å². The zero-order valence-electron chi connectivity index (χ0n) is 22.7. The number of aryl methyl sites for hydroxylation is 1. The lowest BCUT2D eigenvalue weighted by molar-refractivity contribution is -0.139. The molecule has 13 heteroatoms. The van der Waals surface area contributed by atoms with Crippen LogP contribution in [0.1, 0.15) is 45.8 Å². The van der Waals surface area contributed by atoms with Crippen LogP contribution in [-0.4, -0.2) is 34.3 Å². The molecule has 2 atom stereocenters. The lowest BCUT2D eigenvalue weighted by Gasteiger charge is -2.16. The SMILES string of the molecule is Cc1noc(-c2ccc(C(=O)N[C@H](Cc3ccc(C(F)(F)F)cc3)C(=O)O)cc2)c1NC(=O)O[C@H](C)c1ccccc1Cl. The van der Waals surface area contributed by atoms with Crippen LogP contribution in [0.3, 0.4) is 0 Å². The predicted molar refractivity (Wildman–Crippen MR) is 151 cm³/mol. The summed E-state index contributed by atoms with van der Waals surface area (Å²) < 4.78 is 49.3. The van der Waals surface area contributed by atoms with Gasteiger partial charge >= 0.3 is 18.2 Å². The van der Waals surface area contributed by atoms with E-state index in [4.69, 9.17) is 20.9 Å². The van der Waals surface area contributed by atoms with Crippen molar-refractivity contribution < 1.29 is 41.9 Å². The van der Waals surface area contributed by atoms with E-state index in [1.807, 2.05) is 0 Å². The third-order valence-corrected chi connectivity index (χ3v) is 6.79. The second-order valence-electron chi connectivity index (χ2n) is 9.51. The van der Waals surface area contributed by atoms with Crippen LogP contribution in [0.5, 0.6) is 0 Å². The van der Waals surface area contributed by atoms with Gasteiger partial charge in [0.25, 0.3) is 5.91 Å². The number of halogens is 4. The number of aromatic nitrogens is 1. The van der Waals surface area contributed by atoms with Gasteiger partial charge in [-0.25, -0.2) is 9.59 Å². The van der Waals surface area contributed by atoms with Crippen LogP contribution < -0.4 is 10.6 Å². The number of nitrogens with zero attached hydrogens (tertiary/aromatic N) is 1. The van der Waals surface area contributed by atoms with E-state index in [0.717, 1.165) is 24.3 Å². The summed E-state index contributed by atoms with van der Waals surface area (Å²) in [6.07, 6.45) is -6.17. The van der Waals surface area contributed by atoms with Crippen LogP contribution in [0, 0.1) is 6.92 Å². The van der Waals surface area contributed by atoms with Gasteiger partial charge < -0.3 is 19.7 Å². The number of rotatable bonds is 9. The molecule has 0 saturated carbocycles. The molecule has 0 aliphatic carbocycles. The number of hydrogen-bond donors (Lipinski definition) is 3. The summed E-state index contributed by atoms with van der Waals surface area (Å²) >= 11 is 6.18. The molecule has 0 radical (unpaired) electrons. The highest BCUT2D eigenvalue weighted by molar-refractivity contribution is 6.31. The number of carboxylic acid groups (broad SMARTS) is 1. The number of carbonyl (C=O) groups excluding carboxylic acids is 2. The van der Waals surface area contributed by atoms with Crippen molar-refractivity contribution in [3.8, 4) is 11.3 Å². The first kappa shape index (κ1) is 31.1. The highest BCUT2D eigenvalue weighted by Gasteiger charge is 2.30. The van der Waals surface area contributed by atoms with Crippen molar-refractivity contribution in [3.63, 3.8) is 0 Å². The van der Waals surface area contributed by atoms with E-state index in [0.29, 0.717) is 27.4 Å². The fraction of sp³-hybridized carbons (Fsp3) is 0.200. The number of carboxylic acids is 1. The van der Waals surface area contributed by atoms with Gasteiger partial charge in [0.05, 0.1) is 5.56 Å². The van der Waals surface area contributed by atoms with Crippen molar-refractivity contribution in [1.29, 1.82) is 0 Å². The molecule has 4 aromatic rings. The van der Waals surface area contributed by atoms with Crippen LogP contribution in [0.2, 0.25) is 5.02 Å². The average molecular weight is 616 g/mol. The normalized spacial score (nSPS) is 12.7. The number of hydrogen-bond acceptors (Lipinski definition) is 6. The lowest BCUT2D eigenvalue weighted by atomic mass is 10.0. The zero-order chi connectivity index (χ0) is 31.3. The first-order chi connectivity index (χ1) is 20.3. The Hall–Kier alpha value is -4.84. The smallest absolute Gasteiger partial charge is 0.416 e. The van der Waals surface area contributed by atoms with Gasteiger partial charge in [-0.2, -0.15) is 13.2 Å². The van der Waals surface area contributed by atoms with Crippen LogP contribution in [0.15, 0.2) is 77.3 Å². The summed E-state index contributed by atoms with van der Waals surface area (Å²) in [5, 5.41) is 18.9. The lowest BCUT2D eigenvalue weighted by Crippen LogP contribution is -2.42. The second kappa shape index (κ2) is 13.0. The van der Waals surface area contributed by atoms with E-state index in [1.54, 1.807) is 38.1 Å². The molecule has 1 aromatic heterocycles. The van der Waals surface area contributed by atoms with Crippen LogP contribution >= 0.6 is 11.6 Å². The molecule has 0 fully saturated rings. The molecule has 3 N–H and O–H groups in total. The van der Waals surface area contributed by atoms with Crippen molar-refractivity contribution in [2.75, 3.05) is 5.32 Å². The molecular formula is C30H25ClF3N3O6. The third-order valence-electron chi connectivity index (χ3n) is 6.45. The number of carbonyl (C=O) groups is 3. The van der Waals surface area contributed by atoms with Gasteiger partial charge in [0.1, 0.15) is 23.5 Å². The fourth-order valence-corrected chi connectivity index (χ4v) is 4.44. The summed E-state index contributed by atoms with van der Waals surface area (Å²) in [4.78, 5) is 37.2. The van der Waals surface area contributed by atoms with Gasteiger partial charge in [0, 0.05) is 28.1 Å². The number of amides is 2. The van der Waals surface area contributed by atoms with Crippen molar-refractivity contribution in [2.45, 2.75) is 38.6 Å². The Morgan fingerprint density at radius 1 is 1.02 bits per heavy atom. The van der Waals surface area contributed by atoms with Crippen molar-refractivity contribution in [1.82, 2.24) is 10.5 Å². The summed E-state index contributed by atoms with van der Waals surface area (Å²) in [5.41, 5.74) is 1.24. The number of nitrogens with one attached hydrogen (secondary N) is 2. The largest absolute Gasteiger partial charge is 0.480 e. The molecule has 43 heavy (non-hydrogen) atoms. The summed E-state index contributed by atoms with van der Waals surface area (Å²) in [6.45, 7) is 3.29. The highest BCUT2D eigenvalue weighted by atomic mass is 35.5. The standard InChI is InChI=1S/C30H25ClF3N3O6/c1-16-25(36-29(41)42-17(2)22-5-3-4-6-23(22)31)26(43-37-16)19-9-11-20(12-10-19)27(38)35-24(28(39)40)15-18-7-13-21(14-8-18)30(32,33)34/h3-14,17,24H,15H2,1-2H3,(H,35,38)(H,36,41)(H,39,40)/t17-,24-/m1/s1. The van der Waals surface area contributed by atoms with Gasteiger partial charge in [-0.05, 0) is 49.7 Å². The van der Waals surface area contributed by atoms with Crippen molar-refractivity contribution in [3.05, 3.63) is 106 Å². The Labute approximate surface area is 248 Å². The van der Waals surface area contributed by atoms with Gasteiger partial charge in [0.15, 0.2) is 5.76 Å². The highest BCUT2D eigenvalue weighted by Crippen LogP contribution is 2.32. The number of aliphatic carboxylic acids is 1. The van der Waals surface area contributed by atoms with Gasteiger partial charge in [-0.3, -0.25) is 10.1 Å². The average Bonchev–Trinajstić information content (AvgIpc) is 3.32. The zero-order valence-corrected chi connectivity index (χ0v) is 23.5. The molecular weight excluding hydrogens is 591 g/mol. The fourth-order valence-electron chi connectivity index (χ4n) is 4.15. The number of benzene rings is 3. The van der Waals surface area contributed by atoms with Crippen LogP contribution in [-0.2, 0) is 22.1 Å². The number of ether oxygens (including phenoxy) is 1. The quantitative estimate of drug-likeness (QED) is 0.184. The first-order valence-corrected chi connectivity index (χ1v) is 13.2. The van der Waals surface area contributed by atoms with Crippen LogP contribution in [0.4, 0.5) is 23.7 Å². The minimum atomic E-state index is -4.52. The van der Waals surface area contributed by atoms with E-state index < -0.39 is 41.9 Å². The minimum absolute atomic E-state index is 0.112. The van der Waals surface area contributed by atoms with Crippen LogP contribution in [0.25, 0.3) is 11.3 Å². The Balaban J connectivity index is 1.42. The summed E-state index contributed by atoms with van der Waals surface area (Å²) in [5.74, 6) is -1.87. The molecule has 0 aliphatic rings. The van der Waals surface area contributed by atoms with E-state index in [9.17, 15) is 32.7 Å². The minimum Gasteiger partial charge on any atom is -0.480 e. The molecule has 0 bridgehead atoms. The van der Waals surface area contributed by atoms with E-state index in [1.165, 1.54) is 24.3 Å². The topological polar surface area (TPSA) is 131 Å². The Morgan fingerprint density at radius 3 is 2.28 bits per heavy atom. The Morgan fingerprint density at radius 2 is 1.67 bits per heavy atom. The van der Waals surface area contributed by atoms with Crippen molar-refractivity contribution in [2.24, 2.45) is 0 Å². The molecule has 9 nitrogen and oxygen atoms in total. The maximum atomic E-state index is 12.8. The van der Waals surface area contributed by atoms with Gasteiger partial charge in [-0.15, -0.1) is 0 Å². The Kier molecular flexibility index (Phi) is 9.40. The van der Waals surface area contributed by atoms with E-state index in [-0.39, 0.29) is 23.4 Å². The second-order valence-corrected chi connectivity index (χ2v) is 9.91. The maximum Gasteiger partial charge on any atom is 0.416 e. The van der Waals surface area contributed by atoms with E-state index >= 15 is 0 Å². The summed E-state index contributed by atoms with van der Waals surface area (Å²) in [7, 11) is 0. The molecule has 1 heterocycles. The van der Waals surface area contributed by atoms with Crippen molar-refractivity contribution >= 4 is 35.3 Å². The molecule has 0 spiro atoms. The number of anilines is 1. The van der Waals surface area contributed by atoms with Gasteiger partial charge in [-0.1, -0.05) is 59.2 Å². The maximum absolute atomic E-state index is 12.8. The predicted octanol–water partition coefficient (Wildman–Crippen LogP) is 7.06. The molecule has 0 aliphatic heterocycles. The third kappa shape index (κ3) is 7.72. The molecule has 2 amide bonds. The summed E-state index contributed by atoms with van der Waals surface area (Å²) in [6, 6.07) is 15.5. The monoisotopic (exact) mass is 615 g/mol. The molecule has 0 saturated heterocycles. The number of alkyl halides is 3. The molecule has 3 aromatic carbocycles. The molecule has 0 unspecified atom stereocenters. The van der Waals surface area contributed by atoms with Gasteiger partial charge in [0.2, 0.25) is 0 Å².